The quantitative estimate of drug-likeness (QED) is 0.917. The lowest BCUT2D eigenvalue weighted by molar-refractivity contribution is -0.150. The Bertz CT molecular complexity index is 567. The van der Waals surface area contributed by atoms with Gasteiger partial charge in [0.05, 0.1) is 11.6 Å². The standard InChI is InChI=1S/C15H17FN2O2/c1-2-15(14(19)20)6-3-7-18(15)10-11-4-5-13(16)8-12(11)9-17/h4-5,8H,2-3,6-7,10H2,1H3,(H,19,20). The molecule has 1 atom stereocenters. The average Bonchev–Trinajstić information content (AvgIpc) is 2.84. The summed E-state index contributed by atoms with van der Waals surface area (Å²) < 4.78 is 13.1. The van der Waals surface area contributed by atoms with Gasteiger partial charge in [0.25, 0.3) is 0 Å². The molecule has 4 nitrogen and oxygen atoms in total. The molecule has 20 heavy (non-hydrogen) atoms. The Balaban J connectivity index is 2.30. The molecule has 2 rings (SSSR count). The predicted octanol–water partition coefficient (Wildman–Crippen LogP) is 2.53. The van der Waals surface area contributed by atoms with Crippen LogP contribution in [0, 0.1) is 17.1 Å². The van der Waals surface area contributed by atoms with Gasteiger partial charge < -0.3 is 5.11 Å². The van der Waals surface area contributed by atoms with E-state index in [1.165, 1.54) is 12.1 Å². The maximum Gasteiger partial charge on any atom is 0.324 e. The number of carboxylic acid groups (broad SMARTS) is 1. The highest BCUT2D eigenvalue weighted by molar-refractivity contribution is 5.79. The average molecular weight is 276 g/mol. The number of hydrogen-bond acceptors (Lipinski definition) is 3. The van der Waals surface area contributed by atoms with Crippen molar-refractivity contribution in [2.24, 2.45) is 0 Å². The molecule has 5 heteroatoms. The smallest absolute Gasteiger partial charge is 0.324 e. The fourth-order valence-corrected chi connectivity index (χ4v) is 2.95. The lowest BCUT2D eigenvalue weighted by Gasteiger charge is -2.34. The highest BCUT2D eigenvalue weighted by Crippen LogP contribution is 2.34. The highest BCUT2D eigenvalue weighted by atomic mass is 19.1. The van der Waals surface area contributed by atoms with Gasteiger partial charge in [0.1, 0.15) is 11.4 Å². The van der Waals surface area contributed by atoms with Gasteiger partial charge in [-0.15, -0.1) is 0 Å². The Hall–Kier alpha value is -1.93. The number of benzene rings is 1. The van der Waals surface area contributed by atoms with Gasteiger partial charge in [0, 0.05) is 6.54 Å². The summed E-state index contributed by atoms with van der Waals surface area (Å²) in [4.78, 5) is 13.5. The van der Waals surface area contributed by atoms with Crippen LogP contribution in [0.1, 0.15) is 37.3 Å². The number of carboxylic acids is 1. The van der Waals surface area contributed by atoms with Gasteiger partial charge in [0.15, 0.2) is 0 Å². The van der Waals surface area contributed by atoms with Crippen molar-refractivity contribution in [3.05, 3.63) is 35.1 Å². The molecule has 0 radical (unpaired) electrons. The zero-order chi connectivity index (χ0) is 14.8. The summed E-state index contributed by atoms with van der Waals surface area (Å²) >= 11 is 0. The maximum absolute atomic E-state index is 13.1. The number of aliphatic carboxylic acids is 1. The molecule has 1 saturated heterocycles. The molecule has 0 saturated carbocycles. The minimum Gasteiger partial charge on any atom is -0.480 e. The number of carbonyl (C=O) groups is 1. The van der Waals surface area contributed by atoms with Crippen molar-refractivity contribution in [1.82, 2.24) is 4.90 Å². The topological polar surface area (TPSA) is 64.3 Å². The lowest BCUT2D eigenvalue weighted by atomic mass is 9.92. The first-order chi connectivity index (χ1) is 9.53. The van der Waals surface area contributed by atoms with E-state index < -0.39 is 17.3 Å². The second-order valence-electron chi connectivity index (χ2n) is 5.13. The van der Waals surface area contributed by atoms with E-state index in [0.29, 0.717) is 31.5 Å². The van der Waals surface area contributed by atoms with Crippen LogP contribution in [0.4, 0.5) is 4.39 Å². The highest BCUT2D eigenvalue weighted by Gasteiger charge is 2.46. The molecular formula is C15H17FN2O2. The van der Waals surface area contributed by atoms with E-state index in [1.54, 1.807) is 6.07 Å². The third kappa shape index (κ3) is 2.39. The Morgan fingerprint density at radius 2 is 2.35 bits per heavy atom. The van der Waals surface area contributed by atoms with E-state index >= 15 is 0 Å². The minimum absolute atomic E-state index is 0.271. The van der Waals surface area contributed by atoms with Gasteiger partial charge in [0.2, 0.25) is 0 Å². The van der Waals surface area contributed by atoms with E-state index in [9.17, 15) is 14.3 Å². The van der Waals surface area contributed by atoms with Crippen molar-refractivity contribution < 1.29 is 14.3 Å². The van der Waals surface area contributed by atoms with Crippen LogP contribution >= 0.6 is 0 Å². The maximum atomic E-state index is 13.1. The molecule has 0 amide bonds. The monoisotopic (exact) mass is 276 g/mol. The van der Waals surface area contributed by atoms with Crippen LogP contribution in [0.2, 0.25) is 0 Å². The van der Waals surface area contributed by atoms with Crippen LogP contribution < -0.4 is 0 Å². The molecule has 1 fully saturated rings. The molecule has 1 aromatic rings. The Morgan fingerprint density at radius 3 is 2.95 bits per heavy atom. The zero-order valence-corrected chi connectivity index (χ0v) is 11.4. The molecule has 1 heterocycles. The molecule has 0 bridgehead atoms. The van der Waals surface area contributed by atoms with Crippen LogP contribution in [0.25, 0.3) is 0 Å². The summed E-state index contributed by atoms with van der Waals surface area (Å²) in [5, 5.41) is 18.6. The van der Waals surface area contributed by atoms with Gasteiger partial charge in [-0.2, -0.15) is 5.26 Å². The summed E-state index contributed by atoms with van der Waals surface area (Å²) in [6.45, 7) is 2.91. The molecule has 1 unspecified atom stereocenters. The van der Waals surface area contributed by atoms with Crippen molar-refractivity contribution in [3.63, 3.8) is 0 Å². The van der Waals surface area contributed by atoms with E-state index in [1.807, 2.05) is 17.9 Å². The van der Waals surface area contributed by atoms with E-state index in [2.05, 4.69) is 0 Å². The molecular weight excluding hydrogens is 259 g/mol. The molecule has 1 N–H and O–H groups in total. The molecule has 1 aromatic carbocycles. The van der Waals surface area contributed by atoms with Crippen LogP contribution in [0.3, 0.4) is 0 Å². The number of rotatable bonds is 4. The van der Waals surface area contributed by atoms with Crippen molar-refractivity contribution in [3.8, 4) is 6.07 Å². The van der Waals surface area contributed by atoms with Crippen molar-refractivity contribution in [1.29, 1.82) is 5.26 Å². The van der Waals surface area contributed by atoms with Crippen LogP contribution in [-0.4, -0.2) is 28.1 Å². The molecule has 106 valence electrons. The van der Waals surface area contributed by atoms with Gasteiger partial charge in [-0.05, 0) is 43.5 Å². The fraction of sp³-hybridized carbons (Fsp3) is 0.467. The number of nitriles is 1. The first-order valence-electron chi connectivity index (χ1n) is 6.70. The molecule has 0 aliphatic carbocycles. The van der Waals surface area contributed by atoms with Crippen molar-refractivity contribution >= 4 is 5.97 Å². The summed E-state index contributed by atoms with van der Waals surface area (Å²) in [5.41, 5.74) is 0.0864. The number of nitrogens with zero attached hydrogens (tertiary/aromatic N) is 2. The molecule has 0 spiro atoms. The number of halogens is 1. The molecule has 1 aliphatic rings. The first-order valence-corrected chi connectivity index (χ1v) is 6.70. The Morgan fingerprint density at radius 1 is 1.60 bits per heavy atom. The summed E-state index contributed by atoms with van der Waals surface area (Å²) in [7, 11) is 0. The summed E-state index contributed by atoms with van der Waals surface area (Å²) in [5.74, 6) is -1.27. The van der Waals surface area contributed by atoms with Crippen LogP contribution in [0.15, 0.2) is 18.2 Å². The predicted molar refractivity (Wildman–Crippen MR) is 71.4 cm³/mol. The number of likely N-dealkylation sites (tertiary alicyclic amines) is 1. The van der Waals surface area contributed by atoms with E-state index in [4.69, 9.17) is 5.26 Å². The molecule has 0 aromatic heterocycles. The van der Waals surface area contributed by atoms with E-state index in [-0.39, 0.29) is 5.56 Å². The third-order valence-electron chi connectivity index (χ3n) is 4.16. The molecule has 1 aliphatic heterocycles. The lowest BCUT2D eigenvalue weighted by Crippen LogP contribution is -2.49. The second-order valence-corrected chi connectivity index (χ2v) is 5.13. The van der Waals surface area contributed by atoms with Gasteiger partial charge in [-0.1, -0.05) is 13.0 Å². The van der Waals surface area contributed by atoms with Crippen LogP contribution in [-0.2, 0) is 11.3 Å². The largest absolute Gasteiger partial charge is 0.480 e. The van der Waals surface area contributed by atoms with Crippen molar-refractivity contribution in [2.45, 2.75) is 38.3 Å². The van der Waals surface area contributed by atoms with Gasteiger partial charge in [-0.3, -0.25) is 9.69 Å². The Kier molecular flexibility index (Phi) is 4.05. The first kappa shape index (κ1) is 14.5. The van der Waals surface area contributed by atoms with E-state index in [0.717, 1.165) is 6.42 Å². The minimum atomic E-state index is -0.860. The third-order valence-corrected chi connectivity index (χ3v) is 4.16. The fourth-order valence-electron chi connectivity index (χ4n) is 2.95. The summed E-state index contributed by atoms with van der Waals surface area (Å²) in [6.07, 6.45) is 1.95. The van der Waals surface area contributed by atoms with Gasteiger partial charge >= 0.3 is 5.97 Å². The zero-order valence-electron chi connectivity index (χ0n) is 11.4. The number of hydrogen-bond donors (Lipinski definition) is 1. The van der Waals surface area contributed by atoms with Crippen LogP contribution in [0.5, 0.6) is 0 Å². The Labute approximate surface area is 117 Å². The second kappa shape index (κ2) is 5.59. The van der Waals surface area contributed by atoms with Crippen molar-refractivity contribution in [2.75, 3.05) is 6.54 Å². The van der Waals surface area contributed by atoms with Gasteiger partial charge in [-0.25, -0.2) is 4.39 Å². The summed E-state index contributed by atoms with van der Waals surface area (Å²) in [6, 6.07) is 6.04. The SMILES string of the molecule is CCC1(C(=O)O)CCCN1Cc1ccc(F)cc1C#N. The normalized spacial score (nSPS) is 22.6.